The van der Waals surface area contributed by atoms with Crippen LogP contribution in [0.15, 0.2) is 0 Å². The van der Waals surface area contributed by atoms with Crippen LogP contribution in [0.1, 0.15) is 74.1 Å². The highest BCUT2D eigenvalue weighted by molar-refractivity contribution is 5.80. The molecule has 4 nitrogen and oxygen atoms in total. The fraction of sp³-hybridized carbons (Fsp3) is 0.889. The molecule has 2 atom stereocenters. The molecule has 0 aliphatic rings. The molecule has 0 aliphatic heterocycles. The number of hydrogen-bond acceptors (Lipinski definition) is 4. The molecular weight excluding hydrogens is 280 g/mol. The van der Waals surface area contributed by atoms with E-state index in [1.54, 1.807) is 6.92 Å². The predicted molar refractivity (Wildman–Crippen MR) is 88.5 cm³/mol. The summed E-state index contributed by atoms with van der Waals surface area (Å²) in [5.41, 5.74) is -1.22. The van der Waals surface area contributed by atoms with E-state index in [0.29, 0.717) is 25.9 Å². The van der Waals surface area contributed by atoms with E-state index in [0.717, 1.165) is 6.42 Å². The van der Waals surface area contributed by atoms with Gasteiger partial charge in [0.25, 0.3) is 0 Å². The Labute approximate surface area is 135 Å². The number of carbonyl (C=O) groups excluding carboxylic acids is 2. The van der Waals surface area contributed by atoms with Crippen molar-refractivity contribution in [3.8, 4) is 0 Å². The van der Waals surface area contributed by atoms with Crippen LogP contribution < -0.4 is 0 Å². The standard InChI is InChI=1S/C18H34O4/c1-9-17(6,14(19)21-8)13-18(7,15(20)22-10-2)12-11-16(3,4)5/h9-13H2,1-8H3. The van der Waals surface area contributed by atoms with Gasteiger partial charge >= 0.3 is 11.9 Å². The van der Waals surface area contributed by atoms with Crippen LogP contribution in [0.4, 0.5) is 0 Å². The quantitative estimate of drug-likeness (QED) is 0.625. The number of ether oxygens (including phenoxy) is 2. The minimum Gasteiger partial charge on any atom is -0.469 e. The number of carbonyl (C=O) groups is 2. The van der Waals surface area contributed by atoms with Crippen molar-refractivity contribution in [2.45, 2.75) is 74.1 Å². The van der Waals surface area contributed by atoms with Gasteiger partial charge in [0.15, 0.2) is 0 Å². The fourth-order valence-corrected chi connectivity index (χ4v) is 2.67. The number of methoxy groups -OCH3 is 1. The maximum atomic E-state index is 12.5. The molecule has 4 heteroatoms. The predicted octanol–water partition coefficient (Wildman–Crippen LogP) is 4.36. The number of hydrogen-bond donors (Lipinski definition) is 0. The molecule has 2 unspecified atom stereocenters. The molecule has 0 fully saturated rings. The Hall–Kier alpha value is -1.06. The summed E-state index contributed by atoms with van der Waals surface area (Å²) < 4.78 is 10.2. The summed E-state index contributed by atoms with van der Waals surface area (Å²) in [5, 5.41) is 0. The molecule has 0 radical (unpaired) electrons. The van der Waals surface area contributed by atoms with Crippen molar-refractivity contribution in [2.24, 2.45) is 16.2 Å². The van der Waals surface area contributed by atoms with Gasteiger partial charge in [-0.15, -0.1) is 0 Å². The summed E-state index contributed by atoms with van der Waals surface area (Å²) >= 11 is 0. The highest BCUT2D eigenvalue weighted by Crippen LogP contribution is 2.43. The molecule has 0 spiro atoms. The first-order valence-electron chi connectivity index (χ1n) is 8.20. The molecule has 0 saturated carbocycles. The van der Waals surface area contributed by atoms with Gasteiger partial charge in [0.2, 0.25) is 0 Å². The van der Waals surface area contributed by atoms with Crippen LogP contribution in [0.2, 0.25) is 0 Å². The highest BCUT2D eigenvalue weighted by atomic mass is 16.5. The van der Waals surface area contributed by atoms with E-state index >= 15 is 0 Å². The topological polar surface area (TPSA) is 52.6 Å². The summed E-state index contributed by atoms with van der Waals surface area (Å²) in [6, 6.07) is 0. The average Bonchev–Trinajstić information content (AvgIpc) is 2.43. The molecule has 0 aromatic rings. The highest BCUT2D eigenvalue weighted by Gasteiger charge is 2.45. The third-order valence-electron chi connectivity index (χ3n) is 4.43. The third-order valence-corrected chi connectivity index (χ3v) is 4.43. The molecule has 0 N–H and O–H groups in total. The summed E-state index contributed by atoms with van der Waals surface area (Å²) in [4.78, 5) is 24.7. The van der Waals surface area contributed by atoms with E-state index in [9.17, 15) is 9.59 Å². The van der Waals surface area contributed by atoms with Gasteiger partial charge in [-0.2, -0.15) is 0 Å². The lowest BCUT2D eigenvalue weighted by atomic mass is 9.68. The summed E-state index contributed by atoms with van der Waals surface area (Å²) in [6.45, 7) is 14.3. The Morgan fingerprint density at radius 2 is 1.41 bits per heavy atom. The van der Waals surface area contributed by atoms with Gasteiger partial charge in [-0.25, -0.2) is 0 Å². The van der Waals surface area contributed by atoms with Crippen LogP contribution in [0.25, 0.3) is 0 Å². The van der Waals surface area contributed by atoms with E-state index in [4.69, 9.17) is 9.47 Å². The van der Waals surface area contributed by atoms with E-state index in [2.05, 4.69) is 20.8 Å². The molecule has 0 aromatic heterocycles. The van der Waals surface area contributed by atoms with E-state index < -0.39 is 10.8 Å². The Bertz CT molecular complexity index is 383. The molecule has 130 valence electrons. The average molecular weight is 314 g/mol. The second kappa shape index (κ2) is 7.98. The second-order valence-corrected chi connectivity index (χ2v) is 7.92. The maximum absolute atomic E-state index is 12.5. The smallest absolute Gasteiger partial charge is 0.311 e. The Morgan fingerprint density at radius 1 is 0.864 bits per heavy atom. The van der Waals surface area contributed by atoms with E-state index in [1.165, 1.54) is 7.11 Å². The first-order valence-corrected chi connectivity index (χ1v) is 8.20. The van der Waals surface area contributed by atoms with Crippen LogP contribution in [-0.4, -0.2) is 25.7 Å². The van der Waals surface area contributed by atoms with Gasteiger partial charge in [-0.05, 0) is 51.9 Å². The minimum absolute atomic E-state index is 0.127. The van der Waals surface area contributed by atoms with Crippen molar-refractivity contribution in [1.82, 2.24) is 0 Å². The third kappa shape index (κ3) is 5.98. The summed E-state index contributed by atoms with van der Waals surface area (Å²) in [6.07, 6.45) is 2.66. The van der Waals surface area contributed by atoms with Crippen molar-refractivity contribution in [3.63, 3.8) is 0 Å². The van der Waals surface area contributed by atoms with Crippen LogP contribution in [0.5, 0.6) is 0 Å². The van der Waals surface area contributed by atoms with Crippen molar-refractivity contribution in [1.29, 1.82) is 0 Å². The van der Waals surface area contributed by atoms with E-state index in [1.807, 2.05) is 20.8 Å². The van der Waals surface area contributed by atoms with Gasteiger partial charge in [-0.3, -0.25) is 9.59 Å². The molecule has 0 aromatic carbocycles. The molecule has 0 amide bonds. The second-order valence-electron chi connectivity index (χ2n) is 7.92. The monoisotopic (exact) mass is 314 g/mol. The van der Waals surface area contributed by atoms with Gasteiger partial charge in [0.1, 0.15) is 0 Å². The zero-order valence-corrected chi connectivity index (χ0v) is 15.7. The maximum Gasteiger partial charge on any atom is 0.311 e. The first kappa shape index (κ1) is 20.9. The molecule has 0 bridgehead atoms. The minimum atomic E-state index is -0.678. The van der Waals surface area contributed by atoms with Crippen molar-refractivity contribution in [2.75, 3.05) is 13.7 Å². The van der Waals surface area contributed by atoms with Crippen LogP contribution in [0, 0.1) is 16.2 Å². The lowest BCUT2D eigenvalue weighted by molar-refractivity contribution is -0.163. The largest absolute Gasteiger partial charge is 0.469 e. The Kier molecular flexibility index (Phi) is 7.60. The zero-order chi connectivity index (χ0) is 17.6. The van der Waals surface area contributed by atoms with Gasteiger partial charge in [0.05, 0.1) is 24.5 Å². The Balaban J connectivity index is 5.39. The molecule has 0 saturated heterocycles. The number of esters is 2. The van der Waals surface area contributed by atoms with Crippen LogP contribution in [-0.2, 0) is 19.1 Å². The van der Waals surface area contributed by atoms with Gasteiger partial charge in [-0.1, -0.05) is 27.7 Å². The molecule has 0 rings (SSSR count). The molecule has 22 heavy (non-hydrogen) atoms. The molecule has 0 aliphatic carbocycles. The summed E-state index contributed by atoms with van der Waals surface area (Å²) in [7, 11) is 1.40. The van der Waals surface area contributed by atoms with Crippen molar-refractivity contribution in [3.05, 3.63) is 0 Å². The summed E-state index contributed by atoms with van der Waals surface area (Å²) in [5.74, 6) is -0.482. The van der Waals surface area contributed by atoms with Crippen molar-refractivity contribution < 1.29 is 19.1 Å². The fourth-order valence-electron chi connectivity index (χ4n) is 2.67. The lowest BCUT2D eigenvalue weighted by Crippen LogP contribution is -2.40. The Morgan fingerprint density at radius 3 is 1.77 bits per heavy atom. The normalized spacial score (nSPS) is 17.3. The first-order chi connectivity index (χ1) is 9.94. The molecule has 0 heterocycles. The SMILES string of the molecule is CCOC(=O)C(C)(CCC(C)(C)C)CC(C)(CC)C(=O)OC. The lowest BCUT2D eigenvalue weighted by Gasteiger charge is -2.37. The number of rotatable bonds is 8. The van der Waals surface area contributed by atoms with Crippen LogP contribution >= 0.6 is 0 Å². The van der Waals surface area contributed by atoms with Crippen molar-refractivity contribution >= 4 is 11.9 Å². The van der Waals surface area contributed by atoms with Gasteiger partial charge in [0, 0.05) is 0 Å². The van der Waals surface area contributed by atoms with Crippen LogP contribution in [0.3, 0.4) is 0 Å². The zero-order valence-electron chi connectivity index (χ0n) is 15.7. The van der Waals surface area contributed by atoms with E-state index in [-0.39, 0.29) is 17.4 Å². The van der Waals surface area contributed by atoms with Gasteiger partial charge < -0.3 is 9.47 Å². The molecular formula is C18H34O4.